The summed E-state index contributed by atoms with van der Waals surface area (Å²) in [6, 6.07) is 21.2. The Morgan fingerprint density at radius 3 is 2.66 bits per heavy atom. The van der Waals surface area contributed by atoms with Crippen molar-refractivity contribution in [2.75, 3.05) is 0 Å². The van der Waals surface area contributed by atoms with Crippen molar-refractivity contribution < 1.29 is 17.6 Å². The number of nitrogens with zero attached hydrogens (tertiary/aromatic N) is 2. The van der Waals surface area contributed by atoms with Crippen molar-refractivity contribution in [2.45, 2.75) is 17.2 Å². The van der Waals surface area contributed by atoms with Gasteiger partial charge >= 0.3 is 0 Å². The van der Waals surface area contributed by atoms with Gasteiger partial charge in [-0.2, -0.15) is 0 Å². The number of hydrogen-bond acceptors (Lipinski definition) is 4. The first kappa shape index (κ1) is 26.0. The zero-order valence-electron chi connectivity index (χ0n) is 21.6. The molecule has 0 atom stereocenters. The monoisotopic (exact) mass is 562 g/mol. The number of aromatic amines is 1. The summed E-state index contributed by atoms with van der Waals surface area (Å²) in [6.07, 6.45) is 7.08. The van der Waals surface area contributed by atoms with Crippen molar-refractivity contribution in [3.63, 3.8) is 0 Å². The Morgan fingerprint density at radius 1 is 0.976 bits per heavy atom. The largest absolute Gasteiger partial charge is 0.361 e. The molecule has 0 fully saturated rings. The minimum absolute atomic E-state index is 0.0127. The van der Waals surface area contributed by atoms with E-state index in [0.29, 0.717) is 11.1 Å². The zero-order chi connectivity index (χ0) is 28.4. The molecule has 0 saturated heterocycles. The summed E-state index contributed by atoms with van der Waals surface area (Å²) in [7, 11) is -3.85. The van der Waals surface area contributed by atoms with Crippen molar-refractivity contribution in [3.8, 4) is 11.8 Å². The van der Waals surface area contributed by atoms with Gasteiger partial charge in [-0.05, 0) is 71.8 Å². The number of carbonyl (C=O) groups excluding carboxylic acids is 1. The van der Waals surface area contributed by atoms with E-state index in [9.17, 15) is 17.6 Å². The number of amides is 1. The predicted molar refractivity (Wildman–Crippen MR) is 154 cm³/mol. The third-order valence-electron chi connectivity index (χ3n) is 6.70. The molecule has 0 radical (unpaired) electrons. The van der Waals surface area contributed by atoms with Gasteiger partial charge in [0.05, 0.1) is 10.6 Å². The van der Waals surface area contributed by atoms with Crippen molar-refractivity contribution in [2.24, 2.45) is 0 Å². The molecule has 0 aliphatic heterocycles. The second-order valence-corrected chi connectivity index (χ2v) is 11.5. The van der Waals surface area contributed by atoms with Crippen LogP contribution in [0.3, 0.4) is 0 Å². The molecule has 0 saturated carbocycles. The second kappa shape index (κ2) is 10.8. The van der Waals surface area contributed by atoms with Crippen LogP contribution in [0.15, 0.2) is 109 Å². The SMILES string of the molecule is O=C(NCc1ccn2ccnc2c1)c1ccc(S(=O)(=O)Cc2c[nH]c3ccccc23)c(C#Cc2ccc(F)cc2)c1. The molecule has 0 aliphatic carbocycles. The van der Waals surface area contributed by atoms with E-state index in [1.807, 2.05) is 53.2 Å². The minimum atomic E-state index is -3.85. The molecular weight excluding hydrogens is 539 g/mol. The molecule has 1 amide bonds. The zero-order valence-corrected chi connectivity index (χ0v) is 22.5. The quantitative estimate of drug-likeness (QED) is 0.271. The van der Waals surface area contributed by atoms with Crippen LogP contribution in [-0.4, -0.2) is 28.7 Å². The van der Waals surface area contributed by atoms with Gasteiger partial charge in [0.1, 0.15) is 11.5 Å². The molecule has 202 valence electrons. The number of benzene rings is 3. The molecule has 6 aromatic rings. The first-order chi connectivity index (χ1) is 19.9. The highest BCUT2D eigenvalue weighted by Gasteiger charge is 2.22. The van der Waals surface area contributed by atoms with Crippen LogP contribution in [-0.2, 0) is 22.1 Å². The summed E-state index contributed by atoms with van der Waals surface area (Å²) in [5.74, 6) is 4.78. The number of nitrogens with one attached hydrogen (secondary N) is 2. The third-order valence-corrected chi connectivity index (χ3v) is 8.42. The summed E-state index contributed by atoms with van der Waals surface area (Å²) < 4.78 is 42.6. The lowest BCUT2D eigenvalue weighted by Gasteiger charge is -2.10. The van der Waals surface area contributed by atoms with E-state index in [4.69, 9.17) is 0 Å². The number of fused-ring (bicyclic) bond motifs is 2. The summed E-state index contributed by atoms with van der Waals surface area (Å²) in [5, 5.41) is 3.69. The molecule has 41 heavy (non-hydrogen) atoms. The van der Waals surface area contributed by atoms with Crippen LogP contribution in [0.2, 0.25) is 0 Å². The van der Waals surface area contributed by atoms with Crippen LogP contribution in [0.1, 0.15) is 32.6 Å². The number of para-hydroxylation sites is 1. The van der Waals surface area contributed by atoms with E-state index >= 15 is 0 Å². The van der Waals surface area contributed by atoms with E-state index in [1.165, 1.54) is 42.5 Å². The van der Waals surface area contributed by atoms with Crippen LogP contribution in [0, 0.1) is 17.7 Å². The number of halogens is 1. The lowest BCUT2D eigenvalue weighted by atomic mass is 10.1. The van der Waals surface area contributed by atoms with E-state index in [2.05, 4.69) is 27.1 Å². The molecule has 0 spiro atoms. The highest BCUT2D eigenvalue weighted by molar-refractivity contribution is 7.90. The first-order valence-electron chi connectivity index (χ1n) is 12.7. The number of H-pyrrole nitrogens is 1. The number of imidazole rings is 1. The highest BCUT2D eigenvalue weighted by atomic mass is 32.2. The van der Waals surface area contributed by atoms with E-state index < -0.39 is 15.7 Å². The maximum absolute atomic E-state index is 13.7. The van der Waals surface area contributed by atoms with Crippen molar-refractivity contribution in [1.82, 2.24) is 19.7 Å². The van der Waals surface area contributed by atoms with Gasteiger partial charge in [0, 0.05) is 58.9 Å². The molecule has 3 heterocycles. The fraction of sp³-hybridized carbons (Fsp3) is 0.0625. The standard InChI is InChI=1S/C32H23FN4O3S/c33-27-10-6-22(7-11-27)5-8-24-18-25(32(38)36-19-23-13-15-37-16-14-34-31(37)17-23)9-12-30(24)41(39,40)21-26-20-35-29-4-2-1-3-28(26)29/h1-4,6-7,9-18,20,35H,19,21H2,(H,36,38). The van der Waals surface area contributed by atoms with Crippen LogP contribution in [0.4, 0.5) is 4.39 Å². The van der Waals surface area contributed by atoms with Gasteiger partial charge in [0.15, 0.2) is 9.84 Å². The van der Waals surface area contributed by atoms with Gasteiger partial charge in [-0.15, -0.1) is 0 Å². The predicted octanol–water partition coefficient (Wildman–Crippen LogP) is 5.26. The third kappa shape index (κ3) is 5.60. The summed E-state index contributed by atoms with van der Waals surface area (Å²) >= 11 is 0. The number of rotatable bonds is 6. The summed E-state index contributed by atoms with van der Waals surface area (Å²) in [6.45, 7) is 0.263. The Labute approximate surface area is 235 Å². The fourth-order valence-electron chi connectivity index (χ4n) is 4.59. The van der Waals surface area contributed by atoms with Crippen LogP contribution < -0.4 is 5.32 Å². The molecule has 6 rings (SSSR count). The van der Waals surface area contributed by atoms with Gasteiger partial charge in [0.2, 0.25) is 0 Å². The number of hydrogen-bond donors (Lipinski definition) is 2. The van der Waals surface area contributed by atoms with E-state index in [-0.39, 0.29) is 34.2 Å². The molecule has 7 nitrogen and oxygen atoms in total. The summed E-state index contributed by atoms with van der Waals surface area (Å²) in [5.41, 5.74) is 4.06. The second-order valence-electron chi connectivity index (χ2n) is 9.50. The topological polar surface area (TPSA) is 96.3 Å². The maximum atomic E-state index is 13.7. The van der Waals surface area contributed by atoms with E-state index in [1.54, 1.807) is 12.4 Å². The Hall–Kier alpha value is -5.20. The average Bonchev–Trinajstić information content (AvgIpc) is 3.62. The Balaban J connectivity index is 1.32. The Morgan fingerprint density at radius 2 is 1.80 bits per heavy atom. The van der Waals surface area contributed by atoms with Crippen LogP contribution in [0.5, 0.6) is 0 Å². The van der Waals surface area contributed by atoms with Crippen molar-refractivity contribution >= 4 is 32.3 Å². The van der Waals surface area contributed by atoms with Crippen molar-refractivity contribution in [1.29, 1.82) is 0 Å². The number of aromatic nitrogens is 3. The van der Waals surface area contributed by atoms with Gasteiger partial charge < -0.3 is 14.7 Å². The number of carbonyl (C=O) groups is 1. The molecular formula is C32H23FN4O3S. The lowest BCUT2D eigenvalue weighted by molar-refractivity contribution is 0.0950. The van der Waals surface area contributed by atoms with Crippen LogP contribution in [0.25, 0.3) is 16.6 Å². The normalized spacial score (nSPS) is 11.3. The van der Waals surface area contributed by atoms with Crippen molar-refractivity contribution in [3.05, 3.63) is 137 Å². The molecule has 9 heteroatoms. The fourth-order valence-corrected chi connectivity index (χ4v) is 6.12. The Bertz CT molecular complexity index is 2080. The van der Waals surface area contributed by atoms with Gasteiger partial charge in [-0.3, -0.25) is 4.79 Å². The Kier molecular flexibility index (Phi) is 6.83. The first-order valence-corrected chi connectivity index (χ1v) is 14.4. The lowest BCUT2D eigenvalue weighted by Crippen LogP contribution is -2.23. The molecule has 3 aromatic carbocycles. The van der Waals surface area contributed by atoms with E-state index in [0.717, 1.165) is 22.1 Å². The van der Waals surface area contributed by atoms with Crippen LogP contribution >= 0.6 is 0 Å². The molecule has 0 bridgehead atoms. The van der Waals surface area contributed by atoms with Gasteiger partial charge in [-0.1, -0.05) is 30.0 Å². The molecule has 3 aromatic heterocycles. The molecule has 2 N–H and O–H groups in total. The number of sulfone groups is 1. The minimum Gasteiger partial charge on any atom is -0.361 e. The number of pyridine rings is 1. The van der Waals surface area contributed by atoms with Gasteiger partial charge in [-0.25, -0.2) is 17.8 Å². The highest BCUT2D eigenvalue weighted by Crippen LogP contribution is 2.26. The smallest absolute Gasteiger partial charge is 0.251 e. The molecule has 0 aliphatic rings. The summed E-state index contributed by atoms with van der Waals surface area (Å²) in [4.78, 5) is 20.5. The maximum Gasteiger partial charge on any atom is 0.251 e. The van der Waals surface area contributed by atoms with Gasteiger partial charge in [0.25, 0.3) is 5.91 Å². The molecule has 0 unspecified atom stereocenters. The average molecular weight is 563 g/mol.